The Morgan fingerprint density at radius 1 is 1.52 bits per heavy atom. The molecule has 1 aromatic heterocycles. The third-order valence-electron chi connectivity index (χ3n) is 4.24. The number of halogens is 1. The fraction of sp³-hybridized carbons (Fsp3) is 0.471. The molecular weight excluding hydrogens is 360 g/mol. The lowest BCUT2D eigenvalue weighted by Crippen LogP contribution is -2.26. The van der Waals surface area contributed by atoms with E-state index in [-0.39, 0.29) is 24.6 Å². The SMILES string of the molecule is CC(C)n1c(CNC(=O)c2ccc(OC3CCC3)cc2Cl)n[nH]c1=S. The molecular formula is C17H21ClN4O2S. The molecule has 1 aromatic carbocycles. The second-order valence-electron chi connectivity index (χ2n) is 6.40. The maximum absolute atomic E-state index is 12.4. The fourth-order valence-corrected chi connectivity index (χ4v) is 3.30. The van der Waals surface area contributed by atoms with Gasteiger partial charge >= 0.3 is 0 Å². The zero-order chi connectivity index (χ0) is 18.0. The molecule has 134 valence electrons. The van der Waals surface area contributed by atoms with Gasteiger partial charge in [0.05, 0.1) is 23.2 Å². The first kappa shape index (κ1) is 17.9. The highest BCUT2D eigenvalue weighted by Gasteiger charge is 2.20. The number of amides is 1. The Bertz CT molecular complexity index is 826. The Morgan fingerprint density at radius 3 is 2.88 bits per heavy atom. The van der Waals surface area contributed by atoms with Crippen LogP contribution >= 0.6 is 23.8 Å². The van der Waals surface area contributed by atoms with Crippen molar-refractivity contribution in [2.45, 2.75) is 51.8 Å². The van der Waals surface area contributed by atoms with Crippen LogP contribution < -0.4 is 10.1 Å². The molecule has 1 fully saturated rings. The minimum absolute atomic E-state index is 0.157. The van der Waals surface area contributed by atoms with E-state index in [0.29, 0.717) is 26.9 Å². The van der Waals surface area contributed by atoms with E-state index in [1.807, 2.05) is 18.4 Å². The zero-order valence-corrected chi connectivity index (χ0v) is 15.8. The van der Waals surface area contributed by atoms with Gasteiger partial charge in [-0.15, -0.1) is 0 Å². The van der Waals surface area contributed by atoms with Crippen molar-refractivity contribution in [3.05, 3.63) is 39.4 Å². The number of ether oxygens (including phenoxy) is 1. The van der Waals surface area contributed by atoms with Gasteiger partial charge in [0.1, 0.15) is 5.75 Å². The van der Waals surface area contributed by atoms with Crippen molar-refractivity contribution < 1.29 is 9.53 Å². The number of carbonyl (C=O) groups is 1. The Labute approximate surface area is 156 Å². The first-order chi connectivity index (χ1) is 12.0. The number of benzene rings is 1. The lowest BCUT2D eigenvalue weighted by atomic mass is 9.96. The minimum atomic E-state index is -0.260. The van der Waals surface area contributed by atoms with Crippen LogP contribution in [0.2, 0.25) is 5.02 Å². The smallest absolute Gasteiger partial charge is 0.253 e. The maximum atomic E-state index is 12.4. The lowest BCUT2D eigenvalue weighted by molar-refractivity contribution is 0.0949. The molecule has 2 N–H and O–H groups in total. The van der Waals surface area contributed by atoms with E-state index < -0.39 is 0 Å². The average Bonchev–Trinajstić information content (AvgIpc) is 2.89. The van der Waals surface area contributed by atoms with Crippen molar-refractivity contribution >= 4 is 29.7 Å². The van der Waals surface area contributed by atoms with Gasteiger partial charge in [-0.05, 0) is 63.5 Å². The highest BCUT2D eigenvalue weighted by Crippen LogP contribution is 2.28. The van der Waals surface area contributed by atoms with Gasteiger partial charge in [-0.25, -0.2) is 0 Å². The molecule has 25 heavy (non-hydrogen) atoms. The van der Waals surface area contributed by atoms with Crippen LogP contribution in [0, 0.1) is 4.77 Å². The van der Waals surface area contributed by atoms with Gasteiger partial charge < -0.3 is 14.6 Å². The van der Waals surface area contributed by atoms with Gasteiger partial charge in [0, 0.05) is 6.04 Å². The summed E-state index contributed by atoms with van der Waals surface area (Å²) in [6, 6.07) is 5.32. The summed E-state index contributed by atoms with van der Waals surface area (Å²) in [6.45, 7) is 4.28. The summed E-state index contributed by atoms with van der Waals surface area (Å²) in [5, 5.41) is 10.1. The van der Waals surface area contributed by atoms with Crippen molar-refractivity contribution in [2.75, 3.05) is 0 Å². The van der Waals surface area contributed by atoms with E-state index in [9.17, 15) is 4.79 Å². The number of nitrogens with one attached hydrogen (secondary N) is 2. The molecule has 0 radical (unpaired) electrons. The van der Waals surface area contributed by atoms with Crippen LogP contribution in [0.5, 0.6) is 5.75 Å². The number of aromatic amines is 1. The van der Waals surface area contributed by atoms with Gasteiger partial charge in [-0.3, -0.25) is 9.89 Å². The predicted octanol–water partition coefficient (Wildman–Crippen LogP) is 4.04. The number of rotatable bonds is 6. The largest absolute Gasteiger partial charge is 0.490 e. The first-order valence-electron chi connectivity index (χ1n) is 8.36. The number of nitrogens with zero attached hydrogens (tertiary/aromatic N) is 2. The molecule has 1 amide bonds. The summed E-state index contributed by atoms with van der Waals surface area (Å²) in [5.74, 6) is 1.12. The number of hydrogen-bond donors (Lipinski definition) is 2. The van der Waals surface area contributed by atoms with Crippen molar-refractivity contribution in [3.8, 4) is 5.75 Å². The lowest BCUT2D eigenvalue weighted by Gasteiger charge is -2.26. The molecule has 1 aliphatic carbocycles. The summed E-state index contributed by atoms with van der Waals surface area (Å²) >= 11 is 11.5. The molecule has 0 aliphatic heterocycles. The number of hydrogen-bond acceptors (Lipinski definition) is 4. The molecule has 1 aliphatic rings. The highest BCUT2D eigenvalue weighted by molar-refractivity contribution is 7.71. The Kier molecular flexibility index (Phi) is 5.44. The quantitative estimate of drug-likeness (QED) is 0.742. The maximum Gasteiger partial charge on any atom is 0.253 e. The summed E-state index contributed by atoms with van der Waals surface area (Å²) in [4.78, 5) is 12.4. The Morgan fingerprint density at radius 2 is 2.28 bits per heavy atom. The monoisotopic (exact) mass is 380 g/mol. The second kappa shape index (κ2) is 7.58. The van der Waals surface area contributed by atoms with Crippen LogP contribution in [0.1, 0.15) is 55.3 Å². The van der Waals surface area contributed by atoms with Gasteiger partial charge in [0.25, 0.3) is 5.91 Å². The van der Waals surface area contributed by atoms with E-state index in [0.717, 1.165) is 12.8 Å². The first-order valence-corrected chi connectivity index (χ1v) is 9.14. The third kappa shape index (κ3) is 4.04. The molecule has 0 bridgehead atoms. The molecule has 1 saturated carbocycles. The Hall–Kier alpha value is -1.86. The van der Waals surface area contributed by atoms with Crippen LogP contribution in [0.4, 0.5) is 0 Å². The van der Waals surface area contributed by atoms with Crippen molar-refractivity contribution in [1.82, 2.24) is 20.1 Å². The van der Waals surface area contributed by atoms with Crippen LogP contribution in [0.3, 0.4) is 0 Å². The summed E-state index contributed by atoms with van der Waals surface area (Å²) in [5.41, 5.74) is 0.410. The zero-order valence-electron chi connectivity index (χ0n) is 14.2. The molecule has 8 heteroatoms. The summed E-state index contributed by atoms with van der Waals surface area (Å²) < 4.78 is 8.20. The fourth-order valence-electron chi connectivity index (χ4n) is 2.68. The van der Waals surface area contributed by atoms with Crippen molar-refractivity contribution in [2.24, 2.45) is 0 Å². The molecule has 1 heterocycles. The summed E-state index contributed by atoms with van der Waals surface area (Å²) in [7, 11) is 0. The van der Waals surface area contributed by atoms with Crippen molar-refractivity contribution in [3.63, 3.8) is 0 Å². The van der Waals surface area contributed by atoms with E-state index in [1.165, 1.54) is 6.42 Å². The molecule has 0 atom stereocenters. The van der Waals surface area contributed by atoms with Crippen LogP contribution in [0.15, 0.2) is 18.2 Å². The summed E-state index contributed by atoms with van der Waals surface area (Å²) in [6.07, 6.45) is 3.62. The normalized spacial score (nSPS) is 14.4. The molecule has 2 aromatic rings. The number of aromatic nitrogens is 3. The minimum Gasteiger partial charge on any atom is -0.490 e. The third-order valence-corrected chi connectivity index (χ3v) is 4.84. The predicted molar refractivity (Wildman–Crippen MR) is 98.7 cm³/mol. The standard InChI is InChI=1S/C17H21ClN4O2S/c1-10(2)22-15(20-21-17(22)25)9-19-16(23)13-7-6-12(8-14(13)18)24-11-4-3-5-11/h6-8,10-11H,3-5,9H2,1-2H3,(H,19,23)(H,21,25). The van der Waals surface area contributed by atoms with Gasteiger partial charge in [0.15, 0.2) is 10.6 Å². The van der Waals surface area contributed by atoms with Crippen LogP contribution in [-0.4, -0.2) is 26.8 Å². The van der Waals surface area contributed by atoms with Gasteiger partial charge in [-0.1, -0.05) is 11.6 Å². The second-order valence-corrected chi connectivity index (χ2v) is 7.20. The topological polar surface area (TPSA) is 71.9 Å². The molecule has 0 unspecified atom stereocenters. The van der Waals surface area contributed by atoms with E-state index in [4.69, 9.17) is 28.6 Å². The number of H-pyrrole nitrogens is 1. The van der Waals surface area contributed by atoms with Crippen LogP contribution in [-0.2, 0) is 6.54 Å². The Balaban J connectivity index is 1.66. The van der Waals surface area contributed by atoms with E-state index >= 15 is 0 Å². The van der Waals surface area contributed by atoms with Crippen LogP contribution in [0.25, 0.3) is 0 Å². The molecule has 0 spiro atoms. The molecule has 3 rings (SSSR count). The number of carbonyl (C=O) groups excluding carboxylic acids is 1. The molecule has 6 nitrogen and oxygen atoms in total. The van der Waals surface area contributed by atoms with Crippen molar-refractivity contribution in [1.29, 1.82) is 0 Å². The van der Waals surface area contributed by atoms with E-state index in [1.54, 1.807) is 18.2 Å². The molecule has 0 saturated heterocycles. The van der Waals surface area contributed by atoms with Gasteiger partial charge in [-0.2, -0.15) is 5.10 Å². The highest BCUT2D eigenvalue weighted by atomic mass is 35.5. The van der Waals surface area contributed by atoms with E-state index in [2.05, 4.69) is 15.5 Å². The van der Waals surface area contributed by atoms with Gasteiger partial charge in [0.2, 0.25) is 0 Å². The average molecular weight is 381 g/mol.